The van der Waals surface area contributed by atoms with Gasteiger partial charge in [-0.2, -0.15) is 0 Å². The Bertz CT molecular complexity index is 886. The maximum absolute atomic E-state index is 12.0. The Balaban J connectivity index is 1.95. The van der Waals surface area contributed by atoms with Crippen LogP contribution in [-0.4, -0.2) is 28.8 Å². The predicted octanol–water partition coefficient (Wildman–Crippen LogP) is 4.34. The van der Waals surface area contributed by atoms with E-state index in [4.69, 9.17) is 37.5 Å². The first-order valence-corrected chi connectivity index (χ1v) is 7.91. The molecule has 3 rings (SSSR count). The first kappa shape index (κ1) is 16.8. The van der Waals surface area contributed by atoms with Gasteiger partial charge in [0.1, 0.15) is 11.6 Å². The summed E-state index contributed by atoms with van der Waals surface area (Å²) >= 11 is 12.0. The van der Waals surface area contributed by atoms with Crippen molar-refractivity contribution in [3.8, 4) is 11.5 Å². The Labute approximate surface area is 147 Å². The second-order valence-electron chi connectivity index (χ2n) is 5.26. The van der Waals surface area contributed by atoms with E-state index in [2.05, 4.69) is 4.98 Å². The van der Waals surface area contributed by atoms with E-state index in [0.717, 1.165) is 0 Å². The highest BCUT2D eigenvalue weighted by atomic mass is 35.5. The fourth-order valence-electron chi connectivity index (χ4n) is 2.14. The lowest BCUT2D eigenvalue weighted by Gasteiger charge is -2.09. The van der Waals surface area contributed by atoms with Crippen molar-refractivity contribution in [1.29, 1.82) is 0 Å². The number of benzene rings is 2. The van der Waals surface area contributed by atoms with Gasteiger partial charge in [-0.15, -0.1) is 0 Å². The fraction of sp³-hybridized carbons (Fsp3) is 0.176. The standard InChI is InChI=1S/C17H13Cl2NO4/c1-9(8-21)23-17(22)10-2-3-14-15(6-10)24-16(20-14)11-4-12(18)7-13(19)5-11/h2-7,9,21H,8H2,1H3/t9-/m0/s1. The molecule has 0 fully saturated rings. The molecule has 3 aromatic rings. The molecule has 0 radical (unpaired) electrons. The summed E-state index contributed by atoms with van der Waals surface area (Å²) in [5.74, 6) is -0.189. The molecule has 1 N–H and O–H groups in total. The van der Waals surface area contributed by atoms with Gasteiger partial charge in [-0.3, -0.25) is 0 Å². The highest BCUT2D eigenvalue weighted by molar-refractivity contribution is 6.35. The number of fused-ring (bicyclic) bond motifs is 1. The van der Waals surface area contributed by atoms with Gasteiger partial charge in [0, 0.05) is 15.6 Å². The summed E-state index contributed by atoms with van der Waals surface area (Å²) in [6, 6.07) is 9.79. The molecule has 0 saturated heterocycles. The number of halogens is 2. The zero-order valence-corrected chi connectivity index (χ0v) is 14.1. The number of esters is 1. The summed E-state index contributed by atoms with van der Waals surface area (Å²) in [5, 5.41) is 9.90. The number of aromatic nitrogens is 1. The van der Waals surface area contributed by atoms with Crippen molar-refractivity contribution >= 4 is 40.3 Å². The number of oxazole rings is 1. The third kappa shape index (κ3) is 3.53. The molecule has 0 aliphatic heterocycles. The molecule has 0 unspecified atom stereocenters. The number of hydrogen-bond acceptors (Lipinski definition) is 5. The van der Waals surface area contributed by atoms with Crippen molar-refractivity contribution in [2.24, 2.45) is 0 Å². The van der Waals surface area contributed by atoms with E-state index < -0.39 is 12.1 Å². The molecule has 0 aliphatic carbocycles. The molecule has 7 heteroatoms. The maximum atomic E-state index is 12.0. The van der Waals surface area contributed by atoms with E-state index in [1.807, 2.05) is 0 Å². The number of nitrogens with zero attached hydrogens (tertiary/aromatic N) is 1. The van der Waals surface area contributed by atoms with E-state index in [1.54, 1.807) is 43.3 Å². The summed E-state index contributed by atoms with van der Waals surface area (Å²) in [7, 11) is 0. The lowest BCUT2D eigenvalue weighted by Crippen LogP contribution is -2.18. The molecule has 1 heterocycles. The highest BCUT2D eigenvalue weighted by Gasteiger charge is 2.15. The van der Waals surface area contributed by atoms with Crippen LogP contribution in [0.5, 0.6) is 0 Å². The Morgan fingerprint density at radius 2 is 1.96 bits per heavy atom. The van der Waals surface area contributed by atoms with E-state index in [-0.39, 0.29) is 6.61 Å². The highest BCUT2D eigenvalue weighted by Crippen LogP contribution is 2.29. The maximum Gasteiger partial charge on any atom is 0.338 e. The smallest absolute Gasteiger partial charge is 0.338 e. The van der Waals surface area contributed by atoms with E-state index in [0.29, 0.717) is 38.2 Å². The molecule has 2 aromatic carbocycles. The van der Waals surface area contributed by atoms with Crippen molar-refractivity contribution in [1.82, 2.24) is 4.98 Å². The molecule has 1 aromatic heterocycles. The number of rotatable bonds is 4. The van der Waals surface area contributed by atoms with Gasteiger partial charge in [0.2, 0.25) is 5.89 Å². The Morgan fingerprint density at radius 3 is 2.62 bits per heavy atom. The molecule has 1 atom stereocenters. The molecule has 0 spiro atoms. The average molecular weight is 366 g/mol. The molecule has 0 bridgehead atoms. The lowest BCUT2D eigenvalue weighted by molar-refractivity contribution is 0.0197. The summed E-state index contributed by atoms with van der Waals surface area (Å²) in [6.45, 7) is 1.36. The summed E-state index contributed by atoms with van der Waals surface area (Å²) < 4.78 is 10.8. The lowest BCUT2D eigenvalue weighted by atomic mass is 10.2. The molecule has 0 saturated carbocycles. The van der Waals surface area contributed by atoms with Crippen molar-refractivity contribution < 1.29 is 19.1 Å². The number of hydrogen-bond donors (Lipinski definition) is 1. The Kier molecular flexibility index (Phi) is 4.76. The number of carbonyl (C=O) groups is 1. The predicted molar refractivity (Wildman–Crippen MR) is 91.4 cm³/mol. The minimum absolute atomic E-state index is 0.240. The van der Waals surface area contributed by atoms with Gasteiger partial charge >= 0.3 is 5.97 Å². The quantitative estimate of drug-likeness (QED) is 0.696. The van der Waals surface area contributed by atoms with Crippen LogP contribution in [0, 0.1) is 0 Å². The molecular weight excluding hydrogens is 353 g/mol. The zero-order chi connectivity index (χ0) is 17.3. The van der Waals surface area contributed by atoms with Crippen LogP contribution in [0.4, 0.5) is 0 Å². The minimum Gasteiger partial charge on any atom is -0.457 e. The Hall–Kier alpha value is -2.08. The van der Waals surface area contributed by atoms with Gasteiger partial charge in [0.25, 0.3) is 0 Å². The SMILES string of the molecule is C[C@@H](CO)OC(=O)c1ccc2nc(-c3cc(Cl)cc(Cl)c3)oc2c1. The largest absolute Gasteiger partial charge is 0.457 e. The van der Waals surface area contributed by atoms with Gasteiger partial charge in [0.05, 0.1) is 12.2 Å². The van der Waals surface area contributed by atoms with Crippen LogP contribution in [0.25, 0.3) is 22.6 Å². The van der Waals surface area contributed by atoms with Crippen LogP contribution in [0.2, 0.25) is 10.0 Å². The van der Waals surface area contributed by atoms with Crippen molar-refractivity contribution in [3.63, 3.8) is 0 Å². The molecule has 0 aliphatic rings. The van der Waals surface area contributed by atoms with Gasteiger partial charge in [-0.1, -0.05) is 23.2 Å². The first-order valence-electron chi connectivity index (χ1n) is 7.15. The third-order valence-corrected chi connectivity index (χ3v) is 3.74. The second kappa shape index (κ2) is 6.81. The third-order valence-electron chi connectivity index (χ3n) is 3.30. The molecular formula is C17H13Cl2NO4. The van der Waals surface area contributed by atoms with Crippen molar-refractivity contribution in [3.05, 3.63) is 52.0 Å². The number of carbonyl (C=O) groups excluding carboxylic acids is 1. The van der Waals surface area contributed by atoms with Crippen LogP contribution in [0.15, 0.2) is 40.8 Å². The normalized spacial score (nSPS) is 12.3. The van der Waals surface area contributed by atoms with Gasteiger partial charge in [-0.05, 0) is 43.3 Å². The van der Waals surface area contributed by atoms with Gasteiger partial charge < -0.3 is 14.3 Å². The van der Waals surface area contributed by atoms with Gasteiger partial charge in [0.15, 0.2) is 5.58 Å². The van der Waals surface area contributed by atoms with E-state index in [1.165, 1.54) is 0 Å². The number of ether oxygens (including phenoxy) is 1. The number of aliphatic hydroxyl groups is 1. The van der Waals surface area contributed by atoms with Crippen LogP contribution < -0.4 is 0 Å². The minimum atomic E-state index is -0.577. The second-order valence-corrected chi connectivity index (χ2v) is 6.13. The van der Waals surface area contributed by atoms with Crippen molar-refractivity contribution in [2.45, 2.75) is 13.0 Å². The topological polar surface area (TPSA) is 72.6 Å². The van der Waals surface area contributed by atoms with Crippen LogP contribution in [0.1, 0.15) is 17.3 Å². The van der Waals surface area contributed by atoms with Crippen molar-refractivity contribution in [2.75, 3.05) is 6.61 Å². The Morgan fingerprint density at radius 1 is 1.25 bits per heavy atom. The molecule has 24 heavy (non-hydrogen) atoms. The molecule has 5 nitrogen and oxygen atoms in total. The average Bonchev–Trinajstić information content (AvgIpc) is 2.96. The number of aliphatic hydroxyl groups excluding tert-OH is 1. The summed E-state index contributed by atoms with van der Waals surface area (Å²) in [5.41, 5.74) is 1.98. The molecule has 124 valence electrons. The monoisotopic (exact) mass is 365 g/mol. The van der Waals surface area contributed by atoms with Crippen LogP contribution >= 0.6 is 23.2 Å². The van der Waals surface area contributed by atoms with Gasteiger partial charge in [-0.25, -0.2) is 9.78 Å². The van der Waals surface area contributed by atoms with Crippen LogP contribution in [0.3, 0.4) is 0 Å². The summed E-state index contributed by atoms with van der Waals surface area (Å²) in [4.78, 5) is 16.4. The summed E-state index contributed by atoms with van der Waals surface area (Å²) in [6.07, 6.45) is -0.577. The van der Waals surface area contributed by atoms with E-state index in [9.17, 15) is 4.79 Å². The zero-order valence-electron chi connectivity index (χ0n) is 12.6. The fourth-order valence-corrected chi connectivity index (χ4v) is 2.67. The first-order chi connectivity index (χ1) is 11.5. The molecule has 0 amide bonds. The van der Waals surface area contributed by atoms with E-state index >= 15 is 0 Å². The van der Waals surface area contributed by atoms with Crippen LogP contribution in [-0.2, 0) is 4.74 Å².